The average molecular weight is 229 g/mol. The molecule has 1 unspecified atom stereocenters. The molecule has 1 N–H and O–H groups in total. The summed E-state index contributed by atoms with van der Waals surface area (Å²) in [6.07, 6.45) is -0.909. The van der Waals surface area contributed by atoms with Crippen LogP contribution in [0.3, 0.4) is 0 Å². The Labute approximate surface area is 92.7 Å². The van der Waals surface area contributed by atoms with Crippen LogP contribution in [-0.4, -0.2) is 13.1 Å². The molecule has 1 aliphatic rings. The monoisotopic (exact) mass is 229 g/mol. The third kappa shape index (κ3) is 2.55. The molecule has 88 valence electrons. The Morgan fingerprint density at radius 2 is 2.19 bits per heavy atom. The maximum absolute atomic E-state index is 13.3. The third-order valence-corrected chi connectivity index (χ3v) is 2.99. The molecule has 16 heavy (non-hydrogen) atoms. The van der Waals surface area contributed by atoms with Gasteiger partial charge in [-0.3, -0.25) is 0 Å². The van der Waals surface area contributed by atoms with Crippen molar-refractivity contribution >= 4 is 0 Å². The molecule has 0 spiro atoms. The second-order valence-electron chi connectivity index (χ2n) is 4.22. The molecule has 0 saturated carbocycles. The fourth-order valence-electron chi connectivity index (χ4n) is 2.10. The smallest absolute Gasteiger partial charge is 0.266 e. The summed E-state index contributed by atoms with van der Waals surface area (Å²) in [7, 11) is 0. The van der Waals surface area contributed by atoms with E-state index < -0.39 is 17.8 Å². The molecule has 0 aromatic heterocycles. The predicted molar refractivity (Wildman–Crippen MR) is 56.0 cm³/mol. The lowest BCUT2D eigenvalue weighted by molar-refractivity contribution is 0.146. The summed E-state index contributed by atoms with van der Waals surface area (Å²) < 4.78 is 37.9. The number of alkyl halides is 2. The number of halogens is 3. The number of nitrogens with one attached hydrogen (secondary N) is 1. The van der Waals surface area contributed by atoms with E-state index in [1.165, 1.54) is 12.1 Å². The first-order valence-electron chi connectivity index (χ1n) is 5.44. The van der Waals surface area contributed by atoms with E-state index in [9.17, 15) is 13.2 Å². The van der Waals surface area contributed by atoms with E-state index in [1.54, 1.807) is 6.07 Å². The number of hydrogen-bond donors (Lipinski definition) is 1. The topological polar surface area (TPSA) is 12.0 Å². The molecule has 0 amide bonds. The zero-order valence-corrected chi connectivity index (χ0v) is 8.85. The third-order valence-electron chi connectivity index (χ3n) is 2.99. The van der Waals surface area contributed by atoms with Crippen LogP contribution in [0.25, 0.3) is 0 Å². The fraction of sp³-hybridized carbons (Fsp3) is 0.500. The molecule has 1 aromatic rings. The highest BCUT2D eigenvalue weighted by Gasteiger charge is 2.17. The molecule has 0 aliphatic carbocycles. The maximum atomic E-state index is 13.3. The number of rotatable bonds is 3. The molecule has 1 aromatic carbocycles. The number of benzene rings is 1. The molecule has 1 nitrogen and oxygen atoms in total. The van der Waals surface area contributed by atoms with Crippen molar-refractivity contribution in [1.82, 2.24) is 5.32 Å². The van der Waals surface area contributed by atoms with Crippen LogP contribution in [0, 0.1) is 11.7 Å². The minimum absolute atomic E-state index is 0.497. The van der Waals surface area contributed by atoms with Crippen molar-refractivity contribution in [3.05, 3.63) is 35.1 Å². The van der Waals surface area contributed by atoms with E-state index in [1.807, 2.05) is 0 Å². The van der Waals surface area contributed by atoms with E-state index >= 15 is 0 Å². The molecular formula is C12H14F3N. The first-order chi connectivity index (χ1) is 7.66. The van der Waals surface area contributed by atoms with Gasteiger partial charge in [0.25, 0.3) is 6.43 Å². The molecule has 1 heterocycles. The van der Waals surface area contributed by atoms with Crippen molar-refractivity contribution in [2.24, 2.45) is 5.92 Å². The zero-order valence-electron chi connectivity index (χ0n) is 8.85. The summed E-state index contributed by atoms with van der Waals surface area (Å²) in [4.78, 5) is 0. The summed E-state index contributed by atoms with van der Waals surface area (Å²) in [6.45, 7) is 1.92. The standard InChI is InChI=1S/C12H14F3N/c13-11-6-8(1-2-10(11)12(14)15)5-9-3-4-16-7-9/h1-2,6,9,12,16H,3-5,7H2. The van der Waals surface area contributed by atoms with Gasteiger partial charge < -0.3 is 5.32 Å². The first kappa shape index (κ1) is 11.5. The van der Waals surface area contributed by atoms with Crippen LogP contribution in [0.1, 0.15) is 24.0 Å². The highest BCUT2D eigenvalue weighted by Crippen LogP contribution is 2.24. The van der Waals surface area contributed by atoms with Crippen LogP contribution >= 0.6 is 0 Å². The molecule has 2 rings (SSSR count). The van der Waals surface area contributed by atoms with Crippen molar-refractivity contribution in [2.45, 2.75) is 19.3 Å². The van der Waals surface area contributed by atoms with Gasteiger partial charge in [0.2, 0.25) is 0 Å². The second kappa shape index (κ2) is 4.87. The van der Waals surface area contributed by atoms with E-state index in [2.05, 4.69) is 5.32 Å². The Morgan fingerprint density at radius 1 is 1.38 bits per heavy atom. The zero-order chi connectivity index (χ0) is 11.5. The Balaban J connectivity index is 2.08. The lowest BCUT2D eigenvalue weighted by Gasteiger charge is -2.09. The van der Waals surface area contributed by atoms with Gasteiger partial charge in [-0.25, -0.2) is 13.2 Å². The van der Waals surface area contributed by atoms with Crippen LogP contribution in [0.15, 0.2) is 18.2 Å². The highest BCUT2D eigenvalue weighted by molar-refractivity contribution is 5.25. The van der Waals surface area contributed by atoms with Gasteiger partial charge in [-0.05, 0) is 43.5 Å². The molecule has 0 bridgehead atoms. The van der Waals surface area contributed by atoms with Crippen LogP contribution in [-0.2, 0) is 6.42 Å². The van der Waals surface area contributed by atoms with Crippen molar-refractivity contribution in [3.8, 4) is 0 Å². The first-order valence-corrected chi connectivity index (χ1v) is 5.44. The van der Waals surface area contributed by atoms with Crippen molar-refractivity contribution in [1.29, 1.82) is 0 Å². The maximum Gasteiger partial charge on any atom is 0.266 e. The van der Waals surface area contributed by atoms with Crippen molar-refractivity contribution in [3.63, 3.8) is 0 Å². The highest BCUT2D eigenvalue weighted by atomic mass is 19.3. The van der Waals surface area contributed by atoms with Crippen LogP contribution in [0.2, 0.25) is 0 Å². The van der Waals surface area contributed by atoms with Gasteiger partial charge in [0, 0.05) is 0 Å². The summed E-state index contributed by atoms with van der Waals surface area (Å²) >= 11 is 0. The molecule has 1 atom stereocenters. The van der Waals surface area contributed by atoms with E-state index in [0.717, 1.165) is 31.5 Å². The minimum atomic E-state index is -2.73. The predicted octanol–water partition coefficient (Wildman–Crippen LogP) is 2.92. The van der Waals surface area contributed by atoms with Gasteiger partial charge in [-0.15, -0.1) is 0 Å². The van der Waals surface area contributed by atoms with Gasteiger partial charge in [0.1, 0.15) is 5.82 Å². The minimum Gasteiger partial charge on any atom is -0.316 e. The number of hydrogen-bond acceptors (Lipinski definition) is 1. The Kier molecular flexibility index (Phi) is 3.49. The summed E-state index contributed by atoms with van der Waals surface area (Å²) in [5.41, 5.74) is 0.295. The van der Waals surface area contributed by atoms with Crippen molar-refractivity contribution < 1.29 is 13.2 Å². The van der Waals surface area contributed by atoms with Crippen LogP contribution < -0.4 is 5.32 Å². The van der Waals surface area contributed by atoms with Crippen molar-refractivity contribution in [2.75, 3.05) is 13.1 Å². The molecule has 4 heteroatoms. The normalized spacial score (nSPS) is 20.6. The lowest BCUT2D eigenvalue weighted by Crippen LogP contribution is -2.11. The van der Waals surface area contributed by atoms with Gasteiger partial charge >= 0.3 is 0 Å². The molecular weight excluding hydrogens is 215 g/mol. The SMILES string of the molecule is Fc1cc(CC2CCNC2)ccc1C(F)F. The fourth-order valence-corrected chi connectivity index (χ4v) is 2.10. The van der Waals surface area contributed by atoms with E-state index in [0.29, 0.717) is 5.92 Å². The molecule has 1 saturated heterocycles. The van der Waals surface area contributed by atoms with Crippen LogP contribution in [0.4, 0.5) is 13.2 Å². The molecule has 1 fully saturated rings. The Hall–Kier alpha value is -1.03. The Bertz CT molecular complexity index is 359. The second-order valence-corrected chi connectivity index (χ2v) is 4.22. The Morgan fingerprint density at radius 3 is 2.75 bits per heavy atom. The summed E-state index contributed by atoms with van der Waals surface area (Å²) in [6, 6.07) is 4.03. The molecule has 0 radical (unpaired) electrons. The largest absolute Gasteiger partial charge is 0.316 e. The van der Waals surface area contributed by atoms with Crippen LogP contribution in [0.5, 0.6) is 0 Å². The average Bonchev–Trinajstić information content (AvgIpc) is 2.70. The van der Waals surface area contributed by atoms with E-state index in [-0.39, 0.29) is 0 Å². The van der Waals surface area contributed by atoms with E-state index in [4.69, 9.17) is 0 Å². The summed E-state index contributed by atoms with van der Waals surface area (Å²) in [5, 5.41) is 3.22. The quantitative estimate of drug-likeness (QED) is 0.840. The van der Waals surface area contributed by atoms with Gasteiger partial charge in [0.05, 0.1) is 5.56 Å². The molecule has 1 aliphatic heterocycles. The van der Waals surface area contributed by atoms with Gasteiger partial charge in [-0.1, -0.05) is 12.1 Å². The van der Waals surface area contributed by atoms with Gasteiger partial charge in [-0.2, -0.15) is 0 Å². The summed E-state index contributed by atoms with van der Waals surface area (Å²) in [5.74, 6) is -0.296. The van der Waals surface area contributed by atoms with Gasteiger partial charge in [0.15, 0.2) is 0 Å². The lowest BCUT2D eigenvalue weighted by atomic mass is 9.98.